The van der Waals surface area contributed by atoms with Gasteiger partial charge in [0, 0.05) is 30.9 Å². The molecule has 1 saturated heterocycles. The average molecular weight is 485 g/mol. The van der Waals surface area contributed by atoms with Crippen LogP contribution in [0.3, 0.4) is 0 Å². The van der Waals surface area contributed by atoms with E-state index < -0.39 is 10.0 Å². The fraction of sp³-hybridized carbons (Fsp3) is 0.458. The van der Waals surface area contributed by atoms with Crippen LogP contribution in [0.1, 0.15) is 70.3 Å². The van der Waals surface area contributed by atoms with Crippen molar-refractivity contribution in [3.8, 4) is 0 Å². The van der Waals surface area contributed by atoms with Crippen molar-refractivity contribution >= 4 is 37.5 Å². The second-order valence-electron chi connectivity index (χ2n) is 8.97. The first-order valence-electron chi connectivity index (χ1n) is 11.5. The van der Waals surface area contributed by atoms with Gasteiger partial charge in [-0.05, 0) is 62.8 Å². The van der Waals surface area contributed by atoms with Crippen LogP contribution in [0.5, 0.6) is 0 Å². The van der Waals surface area contributed by atoms with Crippen LogP contribution in [0.2, 0.25) is 0 Å². The van der Waals surface area contributed by atoms with Crippen LogP contribution in [0.4, 0.5) is 0 Å². The van der Waals surface area contributed by atoms with E-state index in [1.54, 1.807) is 28.6 Å². The van der Waals surface area contributed by atoms with Crippen molar-refractivity contribution in [2.24, 2.45) is 0 Å². The third-order valence-corrected chi connectivity index (χ3v) is 9.56. The molecule has 1 aromatic carbocycles. The number of thiophene rings is 1. The minimum Gasteiger partial charge on any atom is -0.347 e. The molecule has 2 fully saturated rings. The van der Waals surface area contributed by atoms with Gasteiger partial charge in [-0.15, -0.1) is 11.3 Å². The van der Waals surface area contributed by atoms with E-state index in [9.17, 15) is 13.2 Å². The lowest BCUT2D eigenvalue weighted by Gasteiger charge is -2.25. The van der Waals surface area contributed by atoms with Crippen molar-refractivity contribution in [3.05, 3.63) is 51.8 Å². The number of aromatic nitrogens is 2. The van der Waals surface area contributed by atoms with Gasteiger partial charge < -0.3 is 5.32 Å². The predicted octanol–water partition coefficient (Wildman–Crippen LogP) is 4.29. The molecule has 2 aliphatic rings. The molecule has 2 aromatic heterocycles. The number of piperidine rings is 1. The summed E-state index contributed by atoms with van der Waals surface area (Å²) in [4.78, 5) is 24.1. The van der Waals surface area contributed by atoms with Crippen LogP contribution in [-0.4, -0.2) is 41.7 Å². The topological polar surface area (TPSA) is 92.3 Å². The molecule has 3 heterocycles. The number of hydrogen-bond donors (Lipinski definition) is 1. The Morgan fingerprint density at radius 1 is 1.09 bits per heavy atom. The van der Waals surface area contributed by atoms with Gasteiger partial charge in [-0.2, -0.15) is 4.31 Å². The summed E-state index contributed by atoms with van der Waals surface area (Å²) in [7, 11) is -3.45. The number of carbonyl (C=O) groups excluding carboxylic acids is 1. The van der Waals surface area contributed by atoms with Gasteiger partial charge in [-0.3, -0.25) is 4.79 Å². The molecule has 0 atom stereocenters. The third-order valence-electron chi connectivity index (χ3n) is 6.47. The zero-order valence-corrected chi connectivity index (χ0v) is 20.6. The summed E-state index contributed by atoms with van der Waals surface area (Å²) in [6.45, 7) is 5.42. The van der Waals surface area contributed by atoms with Crippen LogP contribution in [0.25, 0.3) is 10.2 Å². The Bertz CT molecular complexity index is 1310. The van der Waals surface area contributed by atoms with Gasteiger partial charge in [-0.1, -0.05) is 18.6 Å². The molecule has 0 radical (unpaired) electrons. The van der Waals surface area contributed by atoms with Crippen LogP contribution in [0, 0.1) is 13.8 Å². The minimum absolute atomic E-state index is 0.145. The summed E-state index contributed by atoms with van der Waals surface area (Å²) in [6, 6.07) is 6.81. The Hall–Kier alpha value is -2.36. The second-order valence-corrected chi connectivity index (χ2v) is 11.9. The SMILES string of the molecule is Cc1nc(C2CC2)nc2sc(C(=O)NCc3ccc(S(=O)(=O)N4CCCCC4)cc3)c(C)c12. The summed E-state index contributed by atoms with van der Waals surface area (Å²) in [6.07, 6.45) is 5.18. The largest absolute Gasteiger partial charge is 0.347 e. The van der Waals surface area contributed by atoms with E-state index in [1.165, 1.54) is 11.3 Å². The zero-order valence-electron chi connectivity index (χ0n) is 18.9. The summed E-state index contributed by atoms with van der Waals surface area (Å²) >= 11 is 1.41. The highest BCUT2D eigenvalue weighted by Gasteiger charge is 2.29. The number of carbonyl (C=O) groups is 1. The molecule has 1 aliphatic heterocycles. The molecule has 33 heavy (non-hydrogen) atoms. The van der Waals surface area contributed by atoms with Gasteiger partial charge in [0.05, 0.1) is 15.5 Å². The number of hydrogen-bond acceptors (Lipinski definition) is 6. The summed E-state index contributed by atoms with van der Waals surface area (Å²) < 4.78 is 27.2. The lowest BCUT2D eigenvalue weighted by Crippen LogP contribution is -2.35. The van der Waals surface area contributed by atoms with Crippen molar-refractivity contribution < 1.29 is 13.2 Å². The quantitative estimate of drug-likeness (QED) is 0.563. The first kappa shape index (κ1) is 22.4. The molecule has 1 aliphatic carbocycles. The third kappa shape index (κ3) is 4.41. The van der Waals surface area contributed by atoms with Gasteiger partial charge in [0.25, 0.3) is 5.91 Å². The van der Waals surface area contributed by atoms with Crippen LogP contribution in [0.15, 0.2) is 29.2 Å². The Balaban J connectivity index is 1.28. The molecule has 1 amide bonds. The maximum atomic E-state index is 12.9. The van der Waals surface area contributed by atoms with Crippen LogP contribution >= 0.6 is 11.3 Å². The first-order chi connectivity index (χ1) is 15.8. The van der Waals surface area contributed by atoms with Crippen LogP contribution < -0.4 is 5.32 Å². The van der Waals surface area contributed by atoms with Crippen molar-refractivity contribution in [3.63, 3.8) is 0 Å². The molecule has 3 aromatic rings. The van der Waals surface area contributed by atoms with Gasteiger partial charge in [0.1, 0.15) is 10.7 Å². The second kappa shape index (κ2) is 8.77. The van der Waals surface area contributed by atoms with E-state index in [2.05, 4.69) is 10.3 Å². The molecule has 0 bridgehead atoms. The molecule has 0 unspecified atom stereocenters. The summed E-state index contributed by atoms with van der Waals surface area (Å²) in [5.41, 5.74) is 2.70. The Morgan fingerprint density at radius 3 is 2.45 bits per heavy atom. The minimum atomic E-state index is -3.45. The maximum absolute atomic E-state index is 12.9. The van der Waals surface area contributed by atoms with Gasteiger partial charge in [-0.25, -0.2) is 18.4 Å². The predicted molar refractivity (Wildman–Crippen MR) is 129 cm³/mol. The highest BCUT2D eigenvalue weighted by molar-refractivity contribution is 7.89. The van der Waals surface area contributed by atoms with E-state index in [0.29, 0.717) is 35.3 Å². The van der Waals surface area contributed by atoms with Crippen molar-refractivity contribution in [1.82, 2.24) is 19.6 Å². The fourth-order valence-electron chi connectivity index (χ4n) is 4.40. The zero-order chi connectivity index (χ0) is 23.2. The highest BCUT2D eigenvalue weighted by Crippen LogP contribution is 2.40. The monoisotopic (exact) mass is 484 g/mol. The first-order valence-corrected chi connectivity index (χ1v) is 13.7. The number of nitrogens with one attached hydrogen (secondary N) is 1. The number of sulfonamides is 1. The highest BCUT2D eigenvalue weighted by atomic mass is 32.2. The normalized spacial score (nSPS) is 17.4. The molecule has 1 saturated carbocycles. The van der Waals surface area contributed by atoms with Gasteiger partial charge in [0.2, 0.25) is 10.0 Å². The molecule has 9 heteroatoms. The van der Waals surface area contributed by atoms with E-state index in [1.807, 2.05) is 13.8 Å². The van der Waals surface area contributed by atoms with Gasteiger partial charge >= 0.3 is 0 Å². The average Bonchev–Trinajstić information content (AvgIpc) is 3.62. The molecule has 5 rings (SSSR count). The van der Waals surface area contributed by atoms with Crippen molar-refractivity contribution in [2.75, 3.05) is 13.1 Å². The molecule has 1 N–H and O–H groups in total. The van der Waals surface area contributed by atoms with Crippen molar-refractivity contribution in [2.45, 2.75) is 63.3 Å². The summed E-state index contributed by atoms with van der Waals surface area (Å²) in [5.74, 6) is 1.22. The fourth-order valence-corrected chi connectivity index (χ4v) is 7.07. The van der Waals surface area contributed by atoms with Gasteiger partial charge in [0.15, 0.2) is 0 Å². The standard InChI is InChI=1S/C24H28N4O3S2/c1-15-20-16(2)26-22(18-8-9-18)27-24(20)32-21(15)23(29)25-14-17-6-10-19(11-7-17)33(30,31)28-12-4-3-5-13-28/h6-7,10-11,18H,3-5,8-9,12-14H2,1-2H3,(H,25,29). The lowest BCUT2D eigenvalue weighted by atomic mass is 10.1. The van der Waals surface area contributed by atoms with E-state index in [-0.39, 0.29) is 5.91 Å². The summed E-state index contributed by atoms with van der Waals surface area (Å²) in [5, 5.41) is 3.95. The number of rotatable bonds is 6. The Morgan fingerprint density at radius 2 is 1.79 bits per heavy atom. The van der Waals surface area contributed by atoms with Crippen molar-refractivity contribution in [1.29, 1.82) is 0 Å². The number of benzene rings is 1. The molecular weight excluding hydrogens is 456 g/mol. The number of aryl methyl sites for hydroxylation is 2. The number of amides is 1. The Labute approximate surface area is 198 Å². The Kier molecular flexibility index (Phi) is 5.96. The van der Waals surface area contributed by atoms with E-state index in [4.69, 9.17) is 4.98 Å². The number of nitrogens with zero attached hydrogens (tertiary/aromatic N) is 3. The number of fused-ring (bicyclic) bond motifs is 1. The maximum Gasteiger partial charge on any atom is 0.261 e. The van der Waals surface area contributed by atoms with E-state index in [0.717, 1.165) is 65.0 Å². The van der Waals surface area contributed by atoms with Crippen LogP contribution in [-0.2, 0) is 16.6 Å². The smallest absolute Gasteiger partial charge is 0.261 e. The molecule has 7 nitrogen and oxygen atoms in total. The molecule has 174 valence electrons. The van der Waals surface area contributed by atoms with E-state index >= 15 is 0 Å². The molecule has 0 spiro atoms. The lowest BCUT2D eigenvalue weighted by molar-refractivity contribution is 0.0954. The molecular formula is C24H28N4O3S2.